The van der Waals surface area contributed by atoms with E-state index in [0.29, 0.717) is 30.6 Å². The van der Waals surface area contributed by atoms with E-state index in [2.05, 4.69) is 25.4 Å². The van der Waals surface area contributed by atoms with Gasteiger partial charge in [0.15, 0.2) is 0 Å². The first kappa shape index (κ1) is 17.6. The van der Waals surface area contributed by atoms with E-state index in [1.807, 2.05) is 14.1 Å². The Morgan fingerprint density at radius 3 is 2.96 bits per heavy atom. The quantitative estimate of drug-likeness (QED) is 0.845. The van der Waals surface area contributed by atoms with Crippen LogP contribution in [0.3, 0.4) is 0 Å². The molecule has 0 unspecified atom stereocenters. The highest BCUT2D eigenvalue weighted by molar-refractivity contribution is 5.73. The van der Waals surface area contributed by atoms with E-state index in [0.717, 1.165) is 19.5 Å². The summed E-state index contributed by atoms with van der Waals surface area (Å²) in [7, 11) is 5.72. The first-order chi connectivity index (χ1) is 11.0. The number of carbonyl (C=O) groups is 1. The molecule has 1 aliphatic rings. The van der Waals surface area contributed by atoms with E-state index in [9.17, 15) is 9.18 Å². The highest BCUT2D eigenvalue weighted by atomic mass is 19.1. The van der Waals surface area contributed by atoms with Crippen LogP contribution in [0.1, 0.15) is 12.0 Å². The van der Waals surface area contributed by atoms with Crippen LogP contribution in [-0.4, -0.2) is 67.6 Å². The minimum Gasteiger partial charge on any atom is -0.341 e. The van der Waals surface area contributed by atoms with Crippen LogP contribution >= 0.6 is 0 Å². The number of rotatable bonds is 5. The molecule has 7 heteroatoms. The van der Waals surface area contributed by atoms with Crippen molar-refractivity contribution in [3.63, 3.8) is 0 Å². The smallest absolute Gasteiger partial charge is 0.314 e. The van der Waals surface area contributed by atoms with Gasteiger partial charge in [-0.2, -0.15) is 0 Å². The maximum absolute atomic E-state index is 13.8. The maximum atomic E-state index is 13.8. The average Bonchev–Trinajstić information content (AvgIpc) is 2.55. The van der Waals surface area contributed by atoms with Crippen molar-refractivity contribution in [2.75, 3.05) is 40.8 Å². The molecule has 128 valence electrons. The predicted molar refractivity (Wildman–Crippen MR) is 87.5 cm³/mol. The highest BCUT2D eigenvalue weighted by Gasteiger charge is 2.31. The number of carbonyl (C=O) groups excluding carboxylic acids is 1. The zero-order valence-electron chi connectivity index (χ0n) is 14.1. The Labute approximate surface area is 137 Å². The van der Waals surface area contributed by atoms with Gasteiger partial charge in [0, 0.05) is 44.5 Å². The summed E-state index contributed by atoms with van der Waals surface area (Å²) in [4.78, 5) is 19.6. The largest absolute Gasteiger partial charge is 0.341 e. The number of hydrogen-bond donors (Lipinski definition) is 2. The van der Waals surface area contributed by atoms with Crippen molar-refractivity contribution < 1.29 is 9.18 Å². The van der Waals surface area contributed by atoms with Gasteiger partial charge in [-0.25, -0.2) is 9.18 Å². The zero-order valence-corrected chi connectivity index (χ0v) is 14.1. The number of likely N-dealkylation sites (N-methyl/N-ethyl adjacent to an activating group) is 1. The van der Waals surface area contributed by atoms with Crippen molar-refractivity contribution in [2.24, 2.45) is 5.92 Å². The summed E-state index contributed by atoms with van der Waals surface area (Å²) in [5.41, 5.74) is 0.680. The Bertz CT molecular complexity index is 525. The van der Waals surface area contributed by atoms with Gasteiger partial charge in [-0.3, -0.25) is 9.88 Å². The summed E-state index contributed by atoms with van der Waals surface area (Å²) in [6.07, 6.45) is 3.86. The third-order valence-electron chi connectivity index (χ3n) is 4.47. The van der Waals surface area contributed by atoms with Crippen LogP contribution in [0.25, 0.3) is 0 Å². The number of amides is 2. The molecule has 2 atom stereocenters. The van der Waals surface area contributed by atoms with Gasteiger partial charge in [-0.1, -0.05) is 0 Å². The second-order valence-electron chi connectivity index (χ2n) is 6.24. The second kappa shape index (κ2) is 8.21. The average molecular weight is 323 g/mol. The third kappa shape index (κ3) is 4.87. The molecule has 1 aromatic rings. The lowest BCUT2D eigenvalue weighted by molar-refractivity contribution is 0.0776. The fourth-order valence-electron chi connectivity index (χ4n) is 3.10. The molecule has 23 heavy (non-hydrogen) atoms. The number of likely N-dealkylation sites (tertiary alicyclic amines) is 1. The van der Waals surface area contributed by atoms with Crippen molar-refractivity contribution in [2.45, 2.75) is 19.0 Å². The normalized spacial score (nSPS) is 22.1. The number of pyridine rings is 1. The number of urea groups is 1. The molecule has 1 aromatic heterocycles. The molecule has 2 rings (SSSR count). The molecule has 0 radical (unpaired) electrons. The van der Waals surface area contributed by atoms with E-state index in [4.69, 9.17) is 0 Å². The summed E-state index contributed by atoms with van der Waals surface area (Å²) in [5, 5.41) is 5.47. The van der Waals surface area contributed by atoms with Crippen LogP contribution in [0.2, 0.25) is 0 Å². The highest BCUT2D eigenvalue weighted by Crippen LogP contribution is 2.22. The number of halogens is 1. The molecule has 2 heterocycles. The van der Waals surface area contributed by atoms with E-state index in [-0.39, 0.29) is 11.8 Å². The summed E-state index contributed by atoms with van der Waals surface area (Å²) < 4.78 is 13.8. The van der Waals surface area contributed by atoms with E-state index in [1.165, 1.54) is 6.20 Å². The Morgan fingerprint density at radius 2 is 2.30 bits per heavy atom. The first-order valence-corrected chi connectivity index (χ1v) is 7.94. The van der Waals surface area contributed by atoms with Crippen molar-refractivity contribution in [3.8, 4) is 0 Å². The maximum Gasteiger partial charge on any atom is 0.314 e. The summed E-state index contributed by atoms with van der Waals surface area (Å²) in [6, 6.07) is 1.91. The van der Waals surface area contributed by atoms with Gasteiger partial charge in [-0.05, 0) is 39.0 Å². The number of nitrogens with zero attached hydrogens (tertiary/aromatic N) is 3. The van der Waals surface area contributed by atoms with Crippen molar-refractivity contribution >= 4 is 6.03 Å². The van der Waals surface area contributed by atoms with Crippen LogP contribution in [0.5, 0.6) is 0 Å². The number of hydrogen-bond acceptors (Lipinski definition) is 4. The van der Waals surface area contributed by atoms with E-state index in [1.54, 1.807) is 19.3 Å². The molecule has 1 saturated heterocycles. The van der Waals surface area contributed by atoms with Crippen LogP contribution in [0.15, 0.2) is 18.5 Å². The van der Waals surface area contributed by atoms with Crippen molar-refractivity contribution in [1.29, 1.82) is 0 Å². The lowest BCUT2D eigenvalue weighted by Gasteiger charge is -2.42. The van der Waals surface area contributed by atoms with Gasteiger partial charge in [0.25, 0.3) is 0 Å². The first-order valence-electron chi connectivity index (χ1n) is 7.94. The Balaban J connectivity index is 1.95. The third-order valence-corrected chi connectivity index (χ3v) is 4.47. The molecule has 1 aliphatic heterocycles. The molecule has 6 nitrogen and oxygen atoms in total. The summed E-state index contributed by atoms with van der Waals surface area (Å²) >= 11 is 0. The molecular formula is C16H26FN5O. The lowest BCUT2D eigenvalue weighted by Crippen LogP contribution is -2.53. The summed E-state index contributed by atoms with van der Waals surface area (Å²) in [6.45, 7) is 3.00. The van der Waals surface area contributed by atoms with Gasteiger partial charge in [0.2, 0.25) is 0 Å². The van der Waals surface area contributed by atoms with Gasteiger partial charge in [-0.15, -0.1) is 0 Å². The minimum absolute atomic E-state index is 0.149. The van der Waals surface area contributed by atoms with Gasteiger partial charge >= 0.3 is 6.03 Å². The fourth-order valence-corrected chi connectivity index (χ4v) is 3.10. The monoisotopic (exact) mass is 323 g/mol. The Kier molecular flexibility index (Phi) is 6.29. The molecule has 0 saturated carbocycles. The zero-order chi connectivity index (χ0) is 16.8. The summed E-state index contributed by atoms with van der Waals surface area (Å²) in [5.74, 6) is 0.137. The number of piperidine rings is 1. The molecule has 2 amide bonds. The van der Waals surface area contributed by atoms with Crippen LogP contribution < -0.4 is 10.6 Å². The molecule has 1 fully saturated rings. The van der Waals surface area contributed by atoms with E-state index < -0.39 is 0 Å². The molecule has 0 spiro atoms. The number of nitrogens with one attached hydrogen (secondary N) is 2. The standard InChI is InChI=1S/C16H26FN5O/c1-18-16(23)20-8-12-5-7-22(11-15(12)21(2)3)10-13-4-6-19-9-14(13)17/h4,6,9,12,15H,5,7-8,10-11H2,1-3H3,(H2,18,20,23)/t12-,15-/m1/s1. The van der Waals surface area contributed by atoms with Gasteiger partial charge in [0.05, 0.1) is 6.20 Å². The molecule has 0 bridgehead atoms. The fraction of sp³-hybridized carbons (Fsp3) is 0.625. The number of aromatic nitrogens is 1. The predicted octanol–water partition coefficient (Wildman–Crippen LogP) is 0.902. The topological polar surface area (TPSA) is 60.5 Å². The van der Waals surface area contributed by atoms with Gasteiger partial charge < -0.3 is 15.5 Å². The van der Waals surface area contributed by atoms with Crippen LogP contribution in [0.4, 0.5) is 9.18 Å². The SMILES string of the molecule is CNC(=O)NC[C@H]1CCN(Cc2ccncc2F)C[C@H]1N(C)C. The van der Waals surface area contributed by atoms with Crippen LogP contribution in [0, 0.1) is 11.7 Å². The van der Waals surface area contributed by atoms with Gasteiger partial charge in [0.1, 0.15) is 5.82 Å². The molecule has 2 N–H and O–H groups in total. The lowest BCUT2D eigenvalue weighted by atomic mass is 9.90. The Hall–Kier alpha value is -1.73. The minimum atomic E-state index is -0.252. The molecular weight excluding hydrogens is 297 g/mol. The van der Waals surface area contributed by atoms with Crippen molar-refractivity contribution in [1.82, 2.24) is 25.4 Å². The molecule has 0 aliphatic carbocycles. The molecule has 0 aromatic carbocycles. The van der Waals surface area contributed by atoms with E-state index >= 15 is 0 Å². The van der Waals surface area contributed by atoms with Crippen molar-refractivity contribution in [3.05, 3.63) is 29.8 Å². The second-order valence-corrected chi connectivity index (χ2v) is 6.24. The Morgan fingerprint density at radius 1 is 1.52 bits per heavy atom. The van der Waals surface area contributed by atoms with Crippen LogP contribution in [-0.2, 0) is 6.54 Å².